The molecule has 0 heterocycles. The van der Waals surface area contributed by atoms with Crippen LogP contribution in [0, 0.1) is 24.7 Å². The van der Waals surface area contributed by atoms with Gasteiger partial charge in [-0.05, 0) is 72.8 Å². The molecule has 1 aromatic rings. The molecule has 1 aromatic carbocycles. The largest absolute Gasteiger partial charge is 0.388 e. The Bertz CT molecular complexity index is 550. The third-order valence-electron chi connectivity index (χ3n) is 5.54. The van der Waals surface area contributed by atoms with Crippen LogP contribution in [0.2, 0.25) is 0 Å². The molecule has 1 heteroatoms. The second kappa shape index (κ2) is 6.00. The lowest BCUT2D eigenvalue weighted by molar-refractivity contribution is 0.0451. The Morgan fingerprint density at radius 1 is 1.27 bits per heavy atom. The summed E-state index contributed by atoms with van der Waals surface area (Å²) in [5.74, 6) is 0. The van der Waals surface area contributed by atoms with Crippen molar-refractivity contribution >= 4 is 0 Å². The van der Waals surface area contributed by atoms with E-state index in [0.717, 1.165) is 25.7 Å². The number of hydrogen-bond donors (Lipinski definition) is 1. The predicted molar refractivity (Wildman–Crippen MR) is 95.4 cm³/mol. The third kappa shape index (κ3) is 3.25. The van der Waals surface area contributed by atoms with Crippen LogP contribution >= 0.6 is 0 Å². The van der Waals surface area contributed by atoms with Crippen LogP contribution < -0.4 is 0 Å². The Balaban J connectivity index is 2.38. The Kier molecular flexibility index (Phi) is 4.78. The van der Waals surface area contributed by atoms with E-state index in [-0.39, 0.29) is 11.5 Å². The van der Waals surface area contributed by atoms with Crippen molar-refractivity contribution in [1.29, 1.82) is 0 Å². The lowest BCUT2D eigenvalue weighted by Gasteiger charge is -2.28. The Hall–Kier alpha value is -0.820. The van der Waals surface area contributed by atoms with Gasteiger partial charge in [0.15, 0.2) is 0 Å². The summed E-state index contributed by atoms with van der Waals surface area (Å²) in [5.41, 5.74) is 7.24. The van der Waals surface area contributed by atoms with Gasteiger partial charge in [-0.15, -0.1) is 0 Å². The highest BCUT2D eigenvalue weighted by molar-refractivity contribution is 5.50. The number of aliphatic hydroxyl groups is 1. The fourth-order valence-corrected chi connectivity index (χ4v) is 4.21. The molecule has 1 nitrogen and oxygen atoms in total. The standard InChI is InChI=1S/C21H34O/c1-8-10-21(7)13-16-12-14(2)17(9-11-20(4,5)6)15(3)18(16)19(21)22/h12,19,22H,8-11,13H2,1-7H3. The van der Waals surface area contributed by atoms with E-state index in [1.165, 1.54) is 34.2 Å². The molecule has 0 saturated heterocycles. The number of hydrogen-bond acceptors (Lipinski definition) is 1. The third-order valence-corrected chi connectivity index (χ3v) is 5.54. The first-order valence-electron chi connectivity index (χ1n) is 8.89. The van der Waals surface area contributed by atoms with Crippen molar-refractivity contribution in [3.05, 3.63) is 33.9 Å². The first-order valence-corrected chi connectivity index (χ1v) is 8.89. The summed E-state index contributed by atoms with van der Waals surface area (Å²) >= 11 is 0. The Morgan fingerprint density at radius 2 is 1.91 bits per heavy atom. The first kappa shape index (κ1) is 17.5. The van der Waals surface area contributed by atoms with E-state index < -0.39 is 0 Å². The van der Waals surface area contributed by atoms with Gasteiger partial charge in [0.2, 0.25) is 0 Å². The fraction of sp³-hybridized carbons (Fsp3) is 0.714. The van der Waals surface area contributed by atoms with E-state index in [1.807, 2.05) is 0 Å². The summed E-state index contributed by atoms with van der Waals surface area (Å²) in [6.07, 6.45) is 5.27. The molecule has 0 spiro atoms. The van der Waals surface area contributed by atoms with Crippen molar-refractivity contribution in [3.63, 3.8) is 0 Å². The molecule has 0 radical (unpaired) electrons. The van der Waals surface area contributed by atoms with Crippen LogP contribution in [0.1, 0.15) is 87.8 Å². The van der Waals surface area contributed by atoms with Gasteiger partial charge in [0.05, 0.1) is 6.10 Å². The Morgan fingerprint density at radius 3 is 2.45 bits per heavy atom. The van der Waals surface area contributed by atoms with Crippen LogP contribution in [-0.4, -0.2) is 5.11 Å². The van der Waals surface area contributed by atoms with Crippen molar-refractivity contribution in [3.8, 4) is 0 Å². The van der Waals surface area contributed by atoms with Gasteiger partial charge in [-0.25, -0.2) is 0 Å². The van der Waals surface area contributed by atoms with Gasteiger partial charge >= 0.3 is 0 Å². The molecule has 0 aliphatic heterocycles. The average molecular weight is 303 g/mol. The van der Waals surface area contributed by atoms with Crippen LogP contribution in [0.15, 0.2) is 6.07 Å². The van der Waals surface area contributed by atoms with Gasteiger partial charge in [0.25, 0.3) is 0 Å². The maximum absolute atomic E-state index is 11.0. The van der Waals surface area contributed by atoms with Gasteiger partial charge < -0.3 is 5.11 Å². The van der Waals surface area contributed by atoms with E-state index in [4.69, 9.17) is 0 Å². The molecular weight excluding hydrogens is 268 g/mol. The average Bonchev–Trinajstić information content (AvgIpc) is 2.60. The zero-order valence-electron chi connectivity index (χ0n) is 15.6. The number of rotatable bonds is 4. The highest BCUT2D eigenvalue weighted by Gasteiger charge is 2.42. The first-order chi connectivity index (χ1) is 10.1. The molecule has 2 rings (SSSR count). The molecule has 0 saturated carbocycles. The smallest absolute Gasteiger partial charge is 0.0852 e. The van der Waals surface area contributed by atoms with E-state index in [1.54, 1.807) is 0 Å². The minimum absolute atomic E-state index is 0.0247. The van der Waals surface area contributed by atoms with Crippen LogP contribution in [0.5, 0.6) is 0 Å². The zero-order chi connectivity index (χ0) is 16.7. The molecule has 0 amide bonds. The minimum atomic E-state index is -0.295. The molecule has 1 aliphatic carbocycles. The van der Waals surface area contributed by atoms with Crippen molar-refractivity contribution in [1.82, 2.24) is 0 Å². The molecule has 124 valence electrons. The molecule has 1 N–H and O–H groups in total. The van der Waals surface area contributed by atoms with Crippen LogP contribution in [0.4, 0.5) is 0 Å². The van der Waals surface area contributed by atoms with E-state index in [0.29, 0.717) is 5.41 Å². The number of aliphatic hydroxyl groups excluding tert-OH is 1. The summed E-state index contributed by atoms with van der Waals surface area (Å²) in [6, 6.07) is 2.35. The monoisotopic (exact) mass is 302 g/mol. The van der Waals surface area contributed by atoms with Crippen molar-refractivity contribution < 1.29 is 5.11 Å². The molecule has 22 heavy (non-hydrogen) atoms. The van der Waals surface area contributed by atoms with Crippen LogP contribution in [0.25, 0.3) is 0 Å². The normalized spacial score (nSPS) is 24.6. The predicted octanol–water partition coefficient (Wildman–Crippen LogP) is 5.68. The van der Waals surface area contributed by atoms with Crippen molar-refractivity contribution in [2.45, 2.75) is 86.7 Å². The molecule has 0 fully saturated rings. The second-order valence-corrected chi connectivity index (χ2v) is 8.91. The van der Waals surface area contributed by atoms with Gasteiger partial charge in [-0.2, -0.15) is 0 Å². The van der Waals surface area contributed by atoms with E-state index in [2.05, 4.69) is 54.5 Å². The van der Waals surface area contributed by atoms with Gasteiger partial charge in [-0.3, -0.25) is 0 Å². The lowest BCUT2D eigenvalue weighted by Crippen LogP contribution is -2.22. The number of aryl methyl sites for hydroxylation is 1. The van der Waals surface area contributed by atoms with Gasteiger partial charge in [0, 0.05) is 5.41 Å². The van der Waals surface area contributed by atoms with Gasteiger partial charge in [-0.1, -0.05) is 47.1 Å². The molecule has 0 aromatic heterocycles. The quantitative estimate of drug-likeness (QED) is 0.759. The number of fused-ring (bicyclic) bond motifs is 1. The SMILES string of the molecule is CCCC1(C)Cc2cc(C)c(CCC(C)(C)C)c(C)c2C1O. The van der Waals surface area contributed by atoms with Crippen LogP contribution in [0.3, 0.4) is 0 Å². The lowest BCUT2D eigenvalue weighted by atomic mass is 9.80. The summed E-state index contributed by atoms with van der Waals surface area (Å²) in [7, 11) is 0. The topological polar surface area (TPSA) is 20.2 Å². The second-order valence-electron chi connectivity index (χ2n) is 8.91. The highest BCUT2D eigenvalue weighted by atomic mass is 16.3. The Labute approximate surface area is 137 Å². The fourth-order valence-electron chi connectivity index (χ4n) is 4.21. The molecule has 0 bridgehead atoms. The summed E-state index contributed by atoms with van der Waals surface area (Å²) in [4.78, 5) is 0. The van der Waals surface area contributed by atoms with Crippen molar-refractivity contribution in [2.24, 2.45) is 10.8 Å². The zero-order valence-corrected chi connectivity index (χ0v) is 15.6. The van der Waals surface area contributed by atoms with Crippen LogP contribution in [-0.2, 0) is 12.8 Å². The number of benzene rings is 1. The van der Waals surface area contributed by atoms with E-state index >= 15 is 0 Å². The molecule has 1 aliphatic rings. The summed E-state index contributed by atoms with van der Waals surface area (Å²) in [5, 5.41) is 11.0. The molecular formula is C21H34O. The molecule has 2 unspecified atom stereocenters. The summed E-state index contributed by atoms with van der Waals surface area (Å²) in [6.45, 7) is 15.9. The van der Waals surface area contributed by atoms with E-state index in [9.17, 15) is 5.11 Å². The summed E-state index contributed by atoms with van der Waals surface area (Å²) < 4.78 is 0. The highest BCUT2D eigenvalue weighted by Crippen LogP contribution is 2.50. The van der Waals surface area contributed by atoms with Gasteiger partial charge in [0.1, 0.15) is 0 Å². The van der Waals surface area contributed by atoms with Crippen molar-refractivity contribution in [2.75, 3.05) is 0 Å². The maximum atomic E-state index is 11.0. The minimum Gasteiger partial charge on any atom is -0.388 e. The maximum Gasteiger partial charge on any atom is 0.0852 e. The molecule has 2 atom stereocenters.